The molecule has 2 heterocycles. The third kappa shape index (κ3) is 5.08. The van der Waals surface area contributed by atoms with Crippen molar-refractivity contribution in [3.63, 3.8) is 0 Å². The molecule has 0 aliphatic carbocycles. The van der Waals surface area contributed by atoms with E-state index >= 15 is 0 Å². The summed E-state index contributed by atoms with van der Waals surface area (Å²) >= 11 is 6.06. The third-order valence-corrected chi connectivity index (χ3v) is 4.29. The molecule has 0 saturated heterocycles. The number of nitrogens with zero attached hydrogens (tertiary/aromatic N) is 1. The molecule has 3 aromatic rings. The predicted octanol–water partition coefficient (Wildman–Crippen LogP) is 4.16. The molecule has 27 heavy (non-hydrogen) atoms. The molecule has 0 saturated carbocycles. The highest BCUT2D eigenvalue weighted by atomic mass is 35.5. The number of aromatic amines is 1. The van der Waals surface area contributed by atoms with E-state index < -0.39 is 0 Å². The van der Waals surface area contributed by atoms with Crippen molar-refractivity contribution in [2.75, 3.05) is 6.54 Å². The van der Waals surface area contributed by atoms with Gasteiger partial charge in [-0.25, -0.2) is 9.37 Å². The van der Waals surface area contributed by atoms with Crippen LogP contribution in [-0.4, -0.2) is 22.3 Å². The van der Waals surface area contributed by atoms with E-state index in [0.717, 1.165) is 34.4 Å². The third-order valence-electron chi connectivity index (χ3n) is 4.08. The van der Waals surface area contributed by atoms with E-state index in [9.17, 15) is 4.39 Å². The van der Waals surface area contributed by atoms with Crippen LogP contribution in [0.15, 0.2) is 54.5 Å². The summed E-state index contributed by atoms with van der Waals surface area (Å²) in [7, 11) is 0. The molecular weight excluding hydrogens is 365 g/mol. The minimum Gasteiger partial charge on any atom is -0.388 e. The van der Waals surface area contributed by atoms with E-state index in [-0.39, 0.29) is 11.7 Å². The first-order valence-corrected chi connectivity index (χ1v) is 9.05. The lowest BCUT2D eigenvalue weighted by atomic mass is 10.1. The molecule has 0 unspecified atom stereocenters. The van der Waals surface area contributed by atoms with Gasteiger partial charge in [-0.3, -0.25) is 5.41 Å². The Morgan fingerprint density at radius 1 is 1.30 bits per heavy atom. The normalized spacial score (nSPS) is 11.6. The van der Waals surface area contributed by atoms with Crippen LogP contribution in [0.5, 0.6) is 0 Å². The molecule has 5 nitrogen and oxygen atoms in total. The average Bonchev–Trinajstić information content (AvgIpc) is 3.03. The molecule has 0 aliphatic rings. The molecule has 3 rings (SSSR count). The monoisotopic (exact) mass is 385 g/mol. The van der Waals surface area contributed by atoms with Crippen LogP contribution >= 0.6 is 11.6 Å². The van der Waals surface area contributed by atoms with Crippen molar-refractivity contribution in [1.29, 1.82) is 5.41 Å². The number of halogens is 2. The fourth-order valence-corrected chi connectivity index (χ4v) is 2.96. The number of amidine groups is 1. The van der Waals surface area contributed by atoms with E-state index in [1.54, 1.807) is 24.4 Å². The lowest BCUT2D eigenvalue weighted by Crippen LogP contribution is -2.23. The average molecular weight is 386 g/mol. The SMILES string of the molecule is CCN/C(=C\C(=N)NCc1ccc(F)cc1)Cc1c[nH]c2ncc(Cl)cc12. The number of fused-ring (bicyclic) bond motifs is 1. The van der Waals surface area contributed by atoms with Gasteiger partial charge in [-0.05, 0) is 42.3 Å². The number of allylic oxidation sites excluding steroid dienone is 1. The van der Waals surface area contributed by atoms with Crippen molar-refractivity contribution in [2.45, 2.75) is 19.9 Å². The maximum Gasteiger partial charge on any atom is 0.137 e. The topological polar surface area (TPSA) is 76.6 Å². The zero-order valence-electron chi connectivity index (χ0n) is 14.9. The zero-order valence-corrected chi connectivity index (χ0v) is 15.7. The van der Waals surface area contributed by atoms with Crippen LogP contribution in [0.1, 0.15) is 18.1 Å². The lowest BCUT2D eigenvalue weighted by Gasteiger charge is -2.11. The Bertz CT molecular complexity index is 962. The molecule has 2 aromatic heterocycles. The standard InChI is InChI=1S/C20H21ClFN5/c1-2-24-17(7-14-11-26-20-18(14)8-15(21)12-27-20)9-19(23)25-10-13-3-5-16(22)6-4-13/h3-6,8-9,11-12,24H,2,7,10H2,1H3,(H2,23,25)(H,26,27)/b17-9-. The highest BCUT2D eigenvalue weighted by Crippen LogP contribution is 2.22. The van der Waals surface area contributed by atoms with Gasteiger partial charge in [-0.15, -0.1) is 0 Å². The van der Waals surface area contributed by atoms with Crippen LogP contribution in [0.2, 0.25) is 5.02 Å². The Balaban J connectivity index is 1.70. The first kappa shape index (κ1) is 18.9. The van der Waals surface area contributed by atoms with Crippen LogP contribution < -0.4 is 10.6 Å². The van der Waals surface area contributed by atoms with Crippen LogP contribution in [0.25, 0.3) is 11.0 Å². The summed E-state index contributed by atoms with van der Waals surface area (Å²) in [6.45, 7) is 3.22. The smallest absolute Gasteiger partial charge is 0.137 e. The molecule has 0 spiro atoms. The second kappa shape index (κ2) is 8.68. The number of benzene rings is 1. The van der Waals surface area contributed by atoms with Crippen molar-refractivity contribution < 1.29 is 4.39 Å². The minimum atomic E-state index is -0.267. The Morgan fingerprint density at radius 2 is 2.07 bits per heavy atom. The fourth-order valence-electron chi connectivity index (χ4n) is 2.80. The summed E-state index contributed by atoms with van der Waals surface area (Å²) in [5, 5.41) is 16.1. The number of aromatic nitrogens is 2. The number of likely N-dealkylation sites (N-methyl/N-ethyl adjacent to an activating group) is 1. The molecule has 140 valence electrons. The maximum atomic E-state index is 13.0. The fraction of sp³-hybridized carbons (Fsp3) is 0.200. The van der Waals surface area contributed by atoms with Gasteiger partial charge in [-0.1, -0.05) is 23.7 Å². The number of pyridine rings is 1. The van der Waals surface area contributed by atoms with Gasteiger partial charge in [0.15, 0.2) is 0 Å². The highest BCUT2D eigenvalue weighted by Gasteiger charge is 2.08. The number of H-pyrrole nitrogens is 1. The van der Waals surface area contributed by atoms with E-state index in [2.05, 4.69) is 20.6 Å². The molecule has 0 amide bonds. The zero-order chi connectivity index (χ0) is 19.2. The Morgan fingerprint density at radius 3 is 2.81 bits per heavy atom. The van der Waals surface area contributed by atoms with E-state index in [4.69, 9.17) is 17.0 Å². The second-order valence-corrected chi connectivity index (χ2v) is 6.57. The summed E-state index contributed by atoms with van der Waals surface area (Å²) in [5.74, 6) is 0.0164. The first-order chi connectivity index (χ1) is 13.0. The second-order valence-electron chi connectivity index (χ2n) is 6.13. The summed E-state index contributed by atoms with van der Waals surface area (Å²) in [5.41, 5.74) is 3.67. The van der Waals surface area contributed by atoms with Crippen molar-refractivity contribution >= 4 is 28.5 Å². The van der Waals surface area contributed by atoms with E-state index in [1.165, 1.54) is 12.1 Å². The molecule has 0 aliphatic heterocycles. The Kier molecular flexibility index (Phi) is 6.08. The maximum absolute atomic E-state index is 13.0. The molecule has 0 bridgehead atoms. The van der Waals surface area contributed by atoms with Gasteiger partial charge in [0.05, 0.1) is 5.02 Å². The van der Waals surface area contributed by atoms with E-state index in [0.29, 0.717) is 18.0 Å². The Labute approximate surface area is 162 Å². The first-order valence-electron chi connectivity index (χ1n) is 8.68. The van der Waals surface area contributed by atoms with Crippen molar-refractivity contribution in [3.05, 3.63) is 76.5 Å². The van der Waals surface area contributed by atoms with Crippen LogP contribution in [0.4, 0.5) is 4.39 Å². The molecular formula is C20H21ClFN5. The molecule has 4 N–H and O–H groups in total. The Hall–Kier alpha value is -2.86. The molecule has 0 atom stereocenters. The van der Waals surface area contributed by atoms with Gasteiger partial charge in [0.25, 0.3) is 0 Å². The van der Waals surface area contributed by atoms with Gasteiger partial charge in [0.1, 0.15) is 17.3 Å². The van der Waals surface area contributed by atoms with Gasteiger partial charge in [-0.2, -0.15) is 0 Å². The minimum absolute atomic E-state index is 0.267. The van der Waals surface area contributed by atoms with Gasteiger partial charge in [0.2, 0.25) is 0 Å². The summed E-state index contributed by atoms with van der Waals surface area (Å²) < 4.78 is 13.0. The molecule has 0 radical (unpaired) electrons. The predicted molar refractivity (Wildman–Crippen MR) is 108 cm³/mol. The quantitative estimate of drug-likeness (QED) is 0.364. The van der Waals surface area contributed by atoms with Gasteiger partial charge >= 0.3 is 0 Å². The van der Waals surface area contributed by atoms with Gasteiger partial charge < -0.3 is 15.6 Å². The van der Waals surface area contributed by atoms with Crippen LogP contribution in [-0.2, 0) is 13.0 Å². The van der Waals surface area contributed by atoms with Crippen molar-refractivity contribution in [3.8, 4) is 0 Å². The molecule has 7 heteroatoms. The van der Waals surface area contributed by atoms with Crippen LogP contribution in [0.3, 0.4) is 0 Å². The molecule has 1 aromatic carbocycles. The number of nitrogens with one attached hydrogen (secondary N) is 4. The van der Waals surface area contributed by atoms with Crippen LogP contribution in [0, 0.1) is 11.2 Å². The van der Waals surface area contributed by atoms with Crippen molar-refractivity contribution in [2.24, 2.45) is 0 Å². The van der Waals surface area contributed by atoms with Gasteiger partial charge in [0, 0.05) is 43.0 Å². The largest absolute Gasteiger partial charge is 0.388 e. The number of hydrogen-bond donors (Lipinski definition) is 4. The summed E-state index contributed by atoms with van der Waals surface area (Å²) in [6.07, 6.45) is 5.91. The number of rotatable bonds is 7. The number of hydrogen-bond acceptors (Lipinski definition) is 3. The summed E-state index contributed by atoms with van der Waals surface area (Å²) in [6, 6.07) is 8.12. The van der Waals surface area contributed by atoms with E-state index in [1.807, 2.05) is 19.2 Å². The highest BCUT2D eigenvalue weighted by molar-refractivity contribution is 6.31. The summed E-state index contributed by atoms with van der Waals surface area (Å²) in [4.78, 5) is 7.42. The molecule has 0 fully saturated rings. The lowest BCUT2D eigenvalue weighted by molar-refractivity contribution is 0.626. The van der Waals surface area contributed by atoms with Crippen molar-refractivity contribution in [1.82, 2.24) is 20.6 Å².